The Morgan fingerprint density at radius 3 is 2.97 bits per heavy atom. The van der Waals surface area contributed by atoms with Gasteiger partial charge < -0.3 is 9.30 Å². The number of hydrogen-bond acceptors (Lipinski definition) is 6. The predicted molar refractivity (Wildman–Crippen MR) is 108 cm³/mol. The van der Waals surface area contributed by atoms with Gasteiger partial charge in [-0.1, -0.05) is 6.07 Å². The molecule has 9 heteroatoms. The van der Waals surface area contributed by atoms with Crippen molar-refractivity contribution in [1.82, 2.24) is 29.4 Å². The molecule has 0 radical (unpaired) electrons. The maximum atomic E-state index is 13.8. The number of esters is 1. The largest absolute Gasteiger partial charge is 0.462 e. The summed E-state index contributed by atoms with van der Waals surface area (Å²) in [4.78, 5) is 14.8. The average Bonchev–Trinajstić information content (AvgIpc) is 3.35. The zero-order valence-electron chi connectivity index (χ0n) is 17.2. The standard InChI is InChI=1S/C21H25FN6O2/c1-3-30-21(29)18-11-24-28(17-8-4-7-16(22)10-17)19(18)13-27-9-5-6-15(12-27)20-25-23-14-26(20)2/h4,7-8,10-11,14-15H,3,5-6,9,12-13H2,1-2H3. The molecule has 0 N–H and O–H groups in total. The molecule has 1 aliphatic rings. The summed E-state index contributed by atoms with van der Waals surface area (Å²) >= 11 is 0. The molecule has 1 unspecified atom stereocenters. The van der Waals surface area contributed by atoms with E-state index in [1.807, 2.05) is 11.6 Å². The second kappa shape index (κ2) is 8.74. The van der Waals surface area contributed by atoms with E-state index in [1.165, 1.54) is 18.3 Å². The van der Waals surface area contributed by atoms with Gasteiger partial charge in [0.05, 0.1) is 24.2 Å². The van der Waals surface area contributed by atoms with Crippen LogP contribution in [0.4, 0.5) is 4.39 Å². The van der Waals surface area contributed by atoms with E-state index < -0.39 is 5.97 Å². The number of halogens is 1. The van der Waals surface area contributed by atoms with Gasteiger partial charge >= 0.3 is 5.97 Å². The maximum Gasteiger partial charge on any atom is 0.341 e. The Morgan fingerprint density at radius 1 is 1.37 bits per heavy atom. The van der Waals surface area contributed by atoms with E-state index in [4.69, 9.17) is 4.74 Å². The summed E-state index contributed by atoms with van der Waals surface area (Å²) in [7, 11) is 1.95. The number of carbonyl (C=O) groups is 1. The van der Waals surface area contributed by atoms with Crippen LogP contribution in [0.3, 0.4) is 0 Å². The molecule has 0 saturated carbocycles. The first-order chi connectivity index (χ1) is 14.6. The molecule has 3 heterocycles. The lowest BCUT2D eigenvalue weighted by molar-refractivity contribution is 0.0523. The highest BCUT2D eigenvalue weighted by Gasteiger charge is 2.28. The highest BCUT2D eigenvalue weighted by Crippen LogP contribution is 2.27. The van der Waals surface area contributed by atoms with Crippen LogP contribution >= 0.6 is 0 Å². The Bertz CT molecular complexity index is 1030. The molecule has 1 atom stereocenters. The summed E-state index contributed by atoms with van der Waals surface area (Å²) in [6.45, 7) is 4.24. The summed E-state index contributed by atoms with van der Waals surface area (Å²) in [5, 5.41) is 12.6. The monoisotopic (exact) mass is 412 g/mol. The van der Waals surface area contributed by atoms with Crippen molar-refractivity contribution in [2.75, 3.05) is 19.7 Å². The van der Waals surface area contributed by atoms with Crippen molar-refractivity contribution in [1.29, 1.82) is 0 Å². The van der Waals surface area contributed by atoms with Crippen LogP contribution in [0.5, 0.6) is 0 Å². The summed E-state index contributed by atoms with van der Waals surface area (Å²) in [5.74, 6) is 0.454. The van der Waals surface area contributed by atoms with E-state index in [0.29, 0.717) is 23.5 Å². The molecule has 1 saturated heterocycles. The zero-order valence-corrected chi connectivity index (χ0v) is 17.2. The minimum atomic E-state index is -0.419. The molecule has 8 nitrogen and oxygen atoms in total. The molecule has 1 aromatic carbocycles. The molecule has 1 fully saturated rings. The minimum Gasteiger partial charge on any atom is -0.462 e. The van der Waals surface area contributed by atoms with Crippen molar-refractivity contribution in [2.45, 2.75) is 32.2 Å². The van der Waals surface area contributed by atoms with E-state index in [-0.39, 0.29) is 18.3 Å². The van der Waals surface area contributed by atoms with E-state index in [2.05, 4.69) is 20.2 Å². The fraction of sp³-hybridized carbons (Fsp3) is 0.429. The molecule has 0 amide bonds. The molecular formula is C21H25FN6O2. The van der Waals surface area contributed by atoms with Crippen molar-refractivity contribution >= 4 is 5.97 Å². The number of hydrogen-bond donors (Lipinski definition) is 0. The maximum absolute atomic E-state index is 13.8. The highest BCUT2D eigenvalue weighted by atomic mass is 19.1. The Balaban J connectivity index is 1.64. The van der Waals surface area contributed by atoms with Crippen LogP contribution < -0.4 is 0 Å². The molecule has 0 spiro atoms. The second-order valence-electron chi connectivity index (χ2n) is 7.49. The molecule has 0 aliphatic carbocycles. The van der Waals surface area contributed by atoms with E-state index in [0.717, 1.165) is 31.8 Å². The molecule has 4 rings (SSSR count). The Labute approximate surface area is 174 Å². The number of aromatic nitrogens is 5. The number of ether oxygens (including phenoxy) is 1. The molecule has 158 valence electrons. The number of carbonyl (C=O) groups excluding carboxylic acids is 1. The van der Waals surface area contributed by atoms with Crippen molar-refractivity contribution in [3.8, 4) is 5.69 Å². The third-order valence-corrected chi connectivity index (χ3v) is 5.41. The van der Waals surface area contributed by atoms with Gasteiger partial charge in [-0.2, -0.15) is 5.10 Å². The molecule has 1 aliphatic heterocycles. The van der Waals surface area contributed by atoms with Crippen molar-refractivity contribution in [3.05, 3.63) is 59.7 Å². The van der Waals surface area contributed by atoms with Crippen LogP contribution in [-0.2, 0) is 18.3 Å². The first kappa shape index (κ1) is 20.2. The highest BCUT2D eigenvalue weighted by molar-refractivity contribution is 5.90. The van der Waals surface area contributed by atoms with E-state index >= 15 is 0 Å². The van der Waals surface area contributed by atoms with Gasteiger partial charge in [-0.15, -0.1) is 10.2 Å². The third-order valence-electron chi connectivity index (χ3n) is 5.41. The molecule has 2 aromatic heterocycles. The fourth-order valence-electron chi connectivity index (χ4n) is 4.02. The average molecular weight is 412 g/mol. The van der Waals surface area contributed by atoms with Gasteiger partial charge in [-0.05, 0) is 44.5 Å². The van der Waals surface area contributed by atoms with Gasteiger partial charge in [0, 0.05) is 26.1 Å². The minimum absolute atomic E-state index is 0.267. The number of rotatable bonds is 6. The SMILES string of the molecule is CCOC(=O)c1cnn(-c2cccc(F)c2)c1CN1CCCC(c2nncn2C)C1. The zero-order chi connectivity index (χ0) is 21.1. The Hall–Kier alpha value is -3.07. The summed E-state index contributed by atoms with van der Waals surface area (Å²) in [6.07, 6.45) is 5.27. The van der Waals surface area contributed by atoms with E-state index in [9.17, 15) is 9.18 Å². The van der Waals surface area contributed by atoms with Gasteiger partial charge in [0.1, 0.15) is 23.5 Å². The summed E-state index contributed by atoms with van der Waals surface area (Å²) in [6, 6.07) is 6.19. The number of aryl methyl sites for hydroxylation is 1. The number of piperidine rings is 1. The summed E-state index contributed by atoms with van der Waals surface area (Å²) in [5.41, 5.74) is 1.67. The molecule has 3 aromatic rings. The van der Waals surface area contributed by atoms with Crippen LogP contribution in [-0.4, -0.2) is 55.1 Å². The van der Waals surface area contributed by atoms with Crippen LogP contribution in [0.25, 0.3) is 5.69 Å². The fourth-order valence-corrected chi connectivity index (χ4v) is 4.02. The topological polar surface area (TPSA) is 78.1 Å². The lowest BCUT2D eigenvalue weighted by atomic mass is 9.97. The van der Waals surface area contributed by atoms with Gasteiger partial charge in [-0.25, -0.2) is 13.9 Å². The van der Waals surface area contributed by atoms with Crippen LogP contribution in [0.15, 0.2) is 36.8 Å². The lowest BCUT2D eigenvalue weighted by Gasteiger charge is -2.32. The Kier molecular flexibility index (Phi) is 5.89. The van der Waals surface area contributed by atoms with Crippen LogP contribution in [0.2, 0.25) is 0 Å². The molecular weight excluding hydrogens is 387 g/mol. The molecule has 30 heavy (non-hydrogen) atoms. The quantitative estimate of drug-likeness (QED) is 0.580. The predicted octanol–water partition coefficient (Wildman–Crippen LogP) is 2.70. The van der Waals surface area contributed by atoms with Gasteiger partial charge in [0.15, 0.2) is 0 Å². The first-order valence-corrected chi connectivity index (χ1v) is 10.1. The van der Waals surface area contributed by atoms with Gasteiger partial charge in [0.2, 0.25) is 0 Å². The number of likely N-dealkylation sites (tertiary alicyclic amines) is 1. The lowest BCUT2D eigenvalue weighted by Crippen LogP contribution is -2.35. The molecule has 0 bridgehead atoms. The smallest absolute Gasteiger partial charge is 0.341 e. The summed E-state index contributed by atoms with van der Waals surface area (Å²) < 4.78 is 22.6. The van der Waals surface area contributed by atoms with Crippen LogP contribution in [0.1, 0.15) is 47.6 Å². The van der Waals surface area contributed by atoms with Crippen LogP contribution in [0, 0.1) is 5.82 Å². The van der Waals surface area contributed by atoms with Crippen molar-refractivity contribution < 1.29 is 13.9 Å². The second-order valence-corrected chi connectivity index (χ2v) is 7.49. The van der Waals surface area contributed by atoms with Crippen molar-refractivity contribution in [3.63, 3.8) is 0 Å². The third kappa shape index (κ3) is 4.11. The van der Waals surface area contributed by atoms with E-state index in [1.54, 1.807) is 30.1 Å². The first-order valence-electron chi connectivity index (χ1n) is 10.1. The Morgan fingerprint density at radius 2 is 2.23 bits per heavy atom. The van der Waals surface area contributed by atoms with Gasteiger partial charge in [-0.3, -0.25) is 4.90 Å². The van der Waals surface area contributed by atoms with Gasteiger partial charge in [0.25, 0.3) is 0 Å². The van der Waals surface area contributed by atoms with Crippen molar-refractivity contribution in [2.24, 2.45) is 7.05 Å². The number of benzene rings is 1. The normalized spacial score (nSPS) is 17.2. The number of nitrogens with zero attached hydrogens (tertiary/aromatic N) is 6.